The van der Waals surface area contributed by atoms with Crippen molar-refractivity contribution in [1.29, 1.82) is 0 Å². The smallest absolute Gasteiger partial charge is 0.416 e. The molecule has 2 aromatic carbocycles. The fourth-order valence-electron chi connectivity index (χ4n) is 5.19. The number of nitrogens with one attached hydrogen (secondary N) is 2. The lowest BCUT2D eigenvalue weighted by Gasteiger charge is -2.36. The quantitative estimate of drug-likeness (QED) is 0.174. The minimum absolute atomic E-state index is 0.0645. The van der Waals surface area contributed by atoms with Crippen LogP contribution in [0.2, 0.25) is 0 Å². The standard InChI is InChI=1S/C33H36F4N6O4/c1-19-10-11-22-23(7-5-9-25(22)40-16-27(44)33(35,36)37)28(19)46-29-24(8-6-13-38-29)26-12-14-39-30(42-26)41-21-15-20(34)17-43(18-21)31(45)47-32(2,3)4/h5-14,20-21,27,40,44H,15-18H2,1-4H3,(H,39,41,42)/t20?,21?,27-/m0/s1. The van der Waals surface area contributed by atoms with Crippen molar-refractivity contribution in [3.8, 4) is 22.9 Å². The number of fused-ring (bicyclic) bond motifs is 1. The van der Waals surface area contributed by atoms with Crippen molar-refractivity contribution in [3.05, 3.63) is 66.5 Å². The van der Waals surface area contributed by atoms with Crippen molar-refractivity contribution in [1.82, 2.24) is 19.9 Å². The molecule has 2 aromatic heterocycles. The van der Waals surface area contributed by atoms with Crippen LogP contribution < -0.4 is 15.4 Å². The first-order valence-electron chi connectivity index (χ1n) is 15.0. The molecule has 0 aliphatic carbocycles. The third-order valence-corrected chi connectivity index (χ3v) is 7.36. The van der Waals surface area contributed by atoms with Gasteiger partial charge >= 0.3 is 12.3 Å². The summed E-state index contributed by atoms with van der Waals surface area (Å²) in [4.78, 5) is 27.3. The van der Waals surface area contributed by atoms with Crippen LogP contribution in [0.15, 0.2) is 60.9 Å². The van der Waals surface area contributed by atoms with Gasteiger partial charge in [0.2, 0.25) is 11.8 Å². The average Bonchev–Trinajstić information content (AvgIpc) is 3.00. The zero-order valence-corrected chi connectivity index (χ0v) is 26.3. The molecule has 5 rings (SSSR count). The number of ether oxygens (including phenoxy) is 2. The van der Waals surface area contributed by atoms with Crippen molar-refractivity contribution >= 4 is 28.5 Å². The second kappa shape index (κ2) is 13.6. The van der Waals surface area contributed by atoms with Crippen LogP contribution in [-0.2, 0) is 4.74 Å². The first-order valence-corrected chi connectivity index (χ1v) is 15.0. The van der Waals surface area contributed by atoms with Gasteiger partial charge in [-0.2, -0.15) is 13.2 Å². The Balaban J connectivity index is 1.38. The zero-order valence-electron chi connectivity index (χ0n) is 26.3. The van der Waals surface area contributed by atoms with E-state index in [0.717, 1.165) is 5.56 Å². The number of rotatable bonds is 8. The summed E-state index contributed by atoms with van der Waals surface area (Å²) < 4.78 is 65.1. The molecule has 10 nitrogen and oxygen atoms in total. The molecule has 14 heteroatoms. The summed E-state index contributed by atoms with van der Waals surface area (Å²) in [7, 11) is 0. The number of piperidine rings is 1. The fraction of sp³-hybridized carbons (Fsp3) is 0.394. The fourth-order valence-corrected chi connectivity index (χ4v) is 5.19. The van der Waals surface area contributed by atoms with Gasteiger partial charge in [0.05, 0.1) is 17.8 Å². The highest BCUT2D eigenvalue weighted by molar-refractivity contribution is 5.98. The number of carbonyl (C=O) groups excluding carboxylic acids is 1. The van der Waals surface area contributed by atoms with Gasteiger partial charge in [0, 0.05) is 54.4 Å². The number of nitrogens with zero attached hydrogens (tertiary/aromatic N) is 4. The van der Waals surface area contributed by atoms with Gasteiger partial charge in [-0.1, -0.05) is 24.3 Å². The highest BCUT2D eigenvalue weighted by atomic mass is 19.4. The molecule has 0 bridgehead atoms. The summed E-state index contributed by atoms with van der Waals surface area (Å²) in [6.07, 6.45) is -5.88. The number of likely N-dealkylation sites (tertiary alicyclic amines) is 1. The van der Waals surface area contributed by atoms with E-state index in [9.17, 15) is 27.5 Å². The Hall–Kier alpha value is -4.72. The molecule has 3 N–H and O–H groups in total. The molecular weight excluding hydrogens is 620 g/mol. The second-order valence-corrected chi connectivity index (χ2v) is 12.3. The first-order chi connectivity index (χ1) is 22.2. The minimum atomic E-state index is -4.75. The minimum Gasteiger partial charge on any atom is -0.444 e. The molecule has 1 amide bonds. The van der Waals surface area contributed by atoms with E-state index < -0.39 is 42.7 Å². The summed E-state index contributed by atoms with van der Waals surface area (Å²) in [6.45, 7) is 6.50. The number of benzene rings is 2. The average molecular weight is 657 g/mol. The summed E-state index contributed by atoms with van der Waals surface area (Å²) in [5, 5.41) is 16.5. The number of hydrogen-bond donors (Lipinski definition) is 3. The van der Waals surface area contributed by atoms with E-state index >= 15 is 0 Å². The monoisotopic (exact) mass is 656 g/mol. The molecule has 0 saturated carbocycles. The molecule has 1 fully saturated rings. The summed E-state index contributed by atoms with van der Waals surface area (Å²) in [6, 6.07) is 13.3. The predicted octanol–water partition coefficient (Wildman–Crippen LogP) is 6.89. The molecule has 1 aliphatic heterocycles. The van der Waals surface area contributed by atoms with E-state index in [1.165, 1.54) is 4.90 Å². The van der Waals surface area contributed by atoms with Crippen LogP contribution in [0.1, 0.15) is 32.8 Å². The first kappa shape index (κ1) is 33.6. The highest BCUT2D eigenvalue weighted by Gasteiger charge is 2.38. The number of amides is 1. The van der Waals surface area contributed by atoms with Crippen LogP contribution in [-0.4, -0.2) is 80.8 Å². The van der Waals surface area contributed by atoms with E-state index in [1.807, 2.05) is 6.92 Å². The lowest BCUT2D eigenvalue weighted by Crippen LogP contribution is -2.51. The maximum atomic E-state index is 14.7. The number of halogens is 4. The maximum absolute atomic E-state index is 14.7. The Kier molecular flexibility index (Phi) is 9.70. The van der Waals surface area contributed by atoms with Crippen LogP contribution in [0.3, 0.4) is 0 Å². The van der Waals surface area contributed by atoms with Crippen molar-refractivity contribution < 1.29 is 36.9 Å². The van der Waals surface area contributed by atoms with Crippen LogP contribution in [0, 0.1) is 6.92 Å². The van der Waals surface area contributed by atoms with Crippen LogP contribution in [0.5, 0.6) is 11.6 Å². The van der Waals surface area contributed by atoms with Gasteiger partial charge in [-0.15, -0.1) is 0 Å². The van der Waals surface area contributed by atoms with Gasteiger partial charge in [0.15, 0.2) is 6.10 Å². The number of alkyl halides is 4. The lowest BCUT2D eigenvalue weighted by atomic mass is 10.0. The third-order valence-electron chi connectivity index (χ3n) is 7.36. The van der Waals surface area contributed by atoms with Crippen LogP contribution in [0.25, 0.3) is 22.0 Å². The summed E-state index contributed by atoms with van der Waals surface area (Å²) >= 11 is 0. The van der Waals surface area contributed by atoms with E-state index in [2.05, 4.69) is 25.6 Å². The Bertz CT molecular complexity index is 1730. The summed E-state index contributed by atoms with van der Waals surface area (Å²) in [5.74, 6) is 0.878. The topological polar surface area (TPSA) is 122 Å². The predicted molar refractivity (Wildman–Crippen MR) is 169 cm³/mol. The second-order valence-electron chi connectivity index (χ2n) is 12.3. The molecule has 47 heavy (non-hydrogen) atoms. The van der Waals surface area contributed by atoms with Gasteiger partial charge < -0.3 is 30.1 Å². The number of anilines is 2. The number of aromatic nitrogens is 3. The van der Waals surface area contributed by atoms with E-state index in [0.29, 0.717) is 33.5 Å². The van der Waals surface area contributed by atoms with Crippen LogP contribution >= 0.6 is 0 Å². The molecule has 3 atom stereocenters. The molecular formula is C33H36F4N6O4. The number of pyridine rings is 1. The molecule has 250 valence electrons. The van der Waals surface area contributed by atoms with E-state index in [1.54, 1.807) is 81.7 Å². The number of carbonyl (C=O) groups is 1. The van der Waals surface area contributed by atoms with Crippen LogP contribution in [0.4, 0.5) is 34.0 Å². The number of aliphatic hydroxyl groups excluding tert-OH is 1. The van der Waals surface area contributed by atoms with E-state index in [4.69, 9.17) is 9.47 Å². The van der Waals surface area contributed by atoms with Gasteiger partial charge in [-0.3, -0.25) is 0 Å². The highest BCUT2D eigenvalue weighted by Crippen LogP contribution is 2.39. The lowest BCUT2D eigenvalue weighted by molar-refractivity contribution is -0.198. The summed E-state index contributed by atoms with van der Waals surface area (Å²) in [5.41, 5.74) is 1.42. The largest absolute Gasteiger partial charge is 0.444 e. The van der Waals surface area contributed by atoms with Gasteiger partial charge in [0.1, 0.15) is 17.5 Å². The molecule has 1 aliphatic rings. The van der Waals surface area contributed by atoms with Crippen molar-refractivity contribution in [3.63, 3.8) is 0 Å². The van der Waals surface area contributed by atoms with Crippen molar-refractivity contribution in [2.45, 2.75) is 64.2 Å². The SMILES string of the molecule is Cc1ccc2c(NC[C@H](O)C(F)(F)F)cccc2c1Oc1ncccc1-c1ccnc(NC2CC(F)CN(C(=O)OC(C)(C)C)C2)n1. The number of aliphatic hydroxyl groups is 1. The molecule has 0 spiro atoms. The Morgan fingerprint density at radius 1 is 1.04 bits per heavy atom. The third kappa shape index (κ3) is 8.36. The number of aryl methyl sites for hydroxylation is 1. The molecule has 3 heterocycles. The van der Waals surface area contributed by atoms with Crippen molar-refractivity contribution in [2.24, 2.45) is 0 Å². The van der Waals surface area contributed by atoms with Gasteiger partial charge in [-0.25, -0.2) is 24.1 Å². The zero-order chi connectivity index (χ0) is 33.9. The normalized spacial score (nSPS) is 17.7. The van der Waals surface area contributed by atoms with Crippen molar-refractivity contribution in [2.75, 3.05) is 30.3 Å². The Morgan fingerprint density at radius 2 is 1.83 bits per heavy atom. The maximum Gasteiger partial charge on any atom is 0.416 e. The molecule has 2 unspecified atom stereocenters. The Morgan fingerprint density at radius 3 is 2.57 bits per heavy atom. The Labute approximate surface area is 269 Å². The molecule has 1 saturated heterocycles. The molecule has 0 radical (unpaired) electrons. The van der Waals surface area contributed by atoms with E-state index in [-0.39, 0.29) is 31.3 Å². The molecule has 4 aromatic rings. The number of hydrogen-bond acceptors (Lipinski definition) is 9. The van der Waals surface area contributed by atoms with Gasteiger partial charge in [0.25, 0.3) is 0 Å². The van der Waals surface area contributed by atoms with Gasteiger partial charge in [-0.05, 0) is 57.5 Å².